The zero-order valence-corrected chi connectivity index (χ0v) is 13.4. The minimum absolute atomic E-state index is 0.0291. The number of amides is 1. The zero-order valence-electron chi connectivity index (χ0n) is 13.4. The Morgan fingerprint density at radius 3 is 2.86 bits per heavy atom. The van der Waals surface area contributed by atoms with Gasteiger partial charge >= 0.3 is 0 Å². The molecule has 6 heteroatoms. The Morgan fingerprint density at radius 1 is 1.41 bits per heavy atom. The maximum absolute atomic E-state index is 12.3. The Bertz CT molecular complexity index is 577. The molecule has 0 aromatic carbocycles. The van der Waals surface area contributed by atoms with Crippen molar-refractivity contribution in [2.75, 3.05) is 13.1 Å². The third kappa shape index (κ3) is 3.38. The Morgan fingerprint density at radius 2 is 2.18 bits per heavy atom. The number of carbonyl (C=O) groups excluding carboxylic acids is 1. The van der Waals surface area contributed by atoms with E-state index in [0.29, 0.717) is 24.9 Å². The van der Waals surface area contributed by atoms with Gasteiger partial charge < -0.3 is 14.2 Å². The maximum atomic E-state index is 12.3. The third-order valence-electron chi connectivity index (χ3n) is 4.17. The van der Waals surface area contributed by atoms with Crippen LogP contribution in [0.25, 0.3) is 0 Å². The van der Waals surface area contributed by atoms with Crippen molar-refractivity contribution in [3.63, 3.8) is 0 Å². The second-order valence-corrected chi connectivity index (χ2v) is 6.29. The van der Waals surface area contributed by atoms with Gasteiger partial charge in [-0.25, -0.2) is 0 Å². The van der Waals surface area contributed by atoms with Crippen molar-refractivity contribution in [2.45, 2.75) is 58.2 Å². The highest BCUT2D eigenvalue weighted by atomic mass is 16.5. The Labute approximate surface area is 130 Å². The average Bonchev–Trinajstić information content (AvgIpc) is 3.23. The second-order valence-electron chi connectivity index (χ2n) is 6.29. The van der Waals surface area contributed by atoms with Gasteiger partial charge in [0.05, 0.1) is 12.6 Å². The molecular formula is C16H23N3O3. The highest BCUT2D eigenvalue weighted by Crippen LogP contribution is 2.38. The third-order valence-corrected chi connectivity index (χ3v) is 4.17. The Balaban J connectivity index is 1.70. The van der Waals surface area contributed by atoms with Gasteiger partial charge in [0.2, 0.25) is 5.91 Å². The van der Waals surface area contributed by atoms with Crippen molar-refractivity contribution in [2.24, 2.45) is 0 Å². The molecular weight excluding hydrogens is 282 g/mol. The van der Waals surface area contributed by atoms with Gasteiger partial charge in [-0.2, -0.15) is 4.98 Å². The lowest BCUT2D eigenvalue weighted by molar-refractivity contribution is -0.141. The van der Waals surface area contributed by atoms with Crippen LogP contribution in [0.1, 0.15) is 63.8 Å². The lowest BCUT2D eigenvalue weighted by Crippen LogP contribution is -2.45. The van der Waals surface area contributed by atoms with E-state index >= 15 is 0 Å². The summed E-state index contributed by atoms with van der Waals surface area (Å²) in [5, 5.41) is 4.03. The van der Waals surface area contributed by atoms with Crippen LogP contribution >= 0.6 is 0 Å². The summed E-state index contributed by atoms with van der Waals surface area (Å²) >= 11 is 0. The first-order valence-corrected chi connectivity index (χ1v) is 8.01. The van der Waals surface area contributed by atoms with Crippen LogP contribution in [0.4, 0.5) is 0 Å². The summed E-state index contributed by atoms with van der Waals surface area (Å²) in [5.74, 6) is 1.74. The summed E-state index contributed by atoms with van der Waals surface area (Å²) < 4.78 is 11.2. The molecule has 1 aliphatic heterocycles. The van der Waals surface area contributed by atoms with Gasteiger partial charge in [-0.1, -0.05) is 17.7 Å². The van der Waals surface area contributed by atoms with Crippen LogP contribution in [0.2, 0.25) is 0 Å². The minimum Gasteiger partial charge on any atom is -0.362 e. The molecule has 6 nitrogen and oxygen atoms in total. The normalized spacial score (nSPS) is 26.3. The zero-order chi connectivity index (χ0) is 15.7. The number of hydrogen-bond acceptors (Lipinski definition) is 5. The molecule has 0 spiro atoms. The Kier molecular flexibility index (Phi) is 4.29. The van der Waals surface area contributed by atoms with Crippen molar-refractivity contribution in [3.05, 3.63) is 23.4 Å². The summed E-state index contributed by atoms with van der Waals surface area (Å²) in [6.07, 6.45) is 4.47. The number of allylic oxidation sites excluding steroid dienone is 1. The van der Waals surface area contributed by atoms with E-state index in [9.17, 15) is 4.79 Å². The summed E-state index contributed by atoms with van der Waals surface area (Å²) in [6, 6.07) is 0. The number of ether oxygens (including phenoxy) is 1. The van der Waals surface area contributed by atoms with Gasteiger partial charge in [0.1, 0.15) is 0 Å². The summed E-state index contributed by atoms with van der Waals surface area (Å²) in [6.45, 7) is 7.03. The standard InChI is InChI=1S/C16H23N3O3/c1-4-10(2)7-14(20)19-8-11(3)21-13(9-19)16-17-15(18-22-16)12-5-6-12/h7,11-13H,4-6,8-9H2,1-3H3/b10-7+/t11-,13-/m1/s1. The largest absolute Gasteiger partial charge is 0.362 e. The van der Waals surface area contributed by atoms with Crippen molar-refractivity contribution in [1.82, 2.24) is 15.0 Å². The molecule has 1 saturated carbocycles. The van der Waals surface area contributed by atoms with E-state index in [0.717, 1.165) is 30.7 Å². The molecule has 0 N–H and O–H groups in total. The molecule has 22 heavy (non-hydrogen) atoms. The van der Waals surface area contributed by atoms with Crippen LogP contribution in [0.15, 0.2) is 16.2 Å². The fourth-order valence-electron chi connectivity index (χ4n) is 2.56. The molecule has 2 atom stereocenters. The molecule has 0 radical (unpaired) electrons. The smallest absolute Gasteiger partial charge is 0.257 e. The Hall–Kier alpha value is -1.69. The molecule has 1 saturated heterocycles. The fourth-order valence-corrected chi connectivity index (χ4v) is 2.56. The molecule has 2 fully saturated rings. The number of morpholine rings is 1. The molecule has 1 aliphatic carbocycles. The average molecular weight is 305 g/mol. The molecule has 120 valence electrons. The maximum Gasteiger partial charge on any atom is 0.257 e. The molecule has 0 unspecified atom stereocenters. The van der Waals surface area contributed by atoms with Crippen molar-refractivity contribution >= 4 is 5.91 Å². The monoisotopic (exact) mass is 305 g/mol. The number of rotatable bonds is 4. The number of hydrogen-bond donors (Lipinski definition) is 0. The summed E-state index contributed by atoms with van der Waals surface area (Å²) in [4.78, 5) is 18.6. The molecule has 1 aromatic rings. The molecule has 1 aromatic heterocycles. The first-order valence-electron chi connectivity index (χ1n) is 8.01. The van der Waals surface area contributed by atoms with Gasteiger partial charge in [0.15, 0.2) is 11.9 Å². The molecule has 2 heterocycles. The van der Waals surface area contributed by atoms with Gasteiger partial charge in [-0.15, -0.1) is 0 Å². The van der Waals surface area contributed by atoms with Crippen LogP contribution in [-0.2, 0) is 9.53 Å². The number of carbonyl (C=O) groups is 1. The molecule has 2 aliphatic rings. The lowest BCUT2D eigenvalue weighted by Gasteiger charge is -2.34. The highest BCUT2D eigenvalue weighted by Gasteiger charge is 2.34. The van der Waals surface area contributed by atoms with E-state index in [1.807, 2.05) is 20.8 Å². The van der Waals surface area contributed by atoms with Crippen LogP contribution in [0.3, 0.4) is 0 Å². The molecule has 3 rings (SSSR count). The van der Waals surface area contributed by atoms with Crippen LogP contribution in [-0.4, -0.2) is 40.1 Å². The van der Waals surface area contributed by atoms with Gasteiger partial charge in [-0.3, -0.25) is 4.79 Å². The topological polar surface area (TPSA) is 68.5 Å². The molecule has 1 amide bonds. The van der Waals surface area contributed by atoms with E-state index in [1.54, 1.807) is 11.0 Å². The minimum atomic E-state index is -0.331. The first-order chi connectivity index (χ1) is 10.6. The number of aromatic nitrogens is 2. The quantitative estimate of drug-likeness (QED) is 0.800. The highest BCUT2D eigenvalue weighted by molar-refractivity contribution is 5.88. The summed E-state index contributed by atoms with van der Waals surface area (Å²) in [5.41, 5.74) is 1.08. The van der Waals surface area contributed by atoms with E-state index in [1.165, 1.54) is 0 Å². The van der Waals surface area contributed by atoms with Crippen molar-refractivity contribution < 1.29 is 14.1 Å². The van der Waals surface area contributed by atoms with E-state index < -0.39 is 0 Å². The van der Waals surface area contributed by atoms with E-state index in [-0.39, 0.29) is 18.1 Å². The fraction of sp³-hybridized carbons (Fsp3) is 0.688. The van der Waals surface area contributed by atoms with Gasteiger partial charge in [-0.05, 0) is 33.1 Å². The second kappa shape index (κ2) is 6.20. The van der Waals surface area contributed by atoms with Crippen molar-refractivity contribution in [1.29, 1.82) is 0 Å². The van der Waals surface area contributed by atoms with E-state index in [4.69, 9.17) is 9.26 Å². The van der Waals surface area contributed by atoms with Gasteiger partial charge in [0, 0.05) is 18.5 Å². The predicted molar refractivity (Wildman–Crippen MR) is 80.2 cm³/mol. The van der Waals surface area contributed by atoms with Crippen LogP contribution in [0.5, 0.6) is 0 Å². The molecule has 0 bridgehead atoms. The number of nitrogens with zero attached hydrogens (tertiary/aromatic N) is 3. The van der Waals surface area contributed by atoms with Crippen LogP contribution < -0.4 is 0 Å². The van der Waals surface area contributed by atoms with Crippen molar-refractivity contribution in [3.8, 4) is 0 Å². The van der Waals surface area contributed by atoms with E-state index in [2.05, 4.69) is 10.1 Å². The lowest BCUT2D eigenvalue weighted by atomic mass is 10.1. The predicted octanol–water partition coefficient (Wildman–Crippen LogP) is 2.59. The van der Waals surface area contributed by atoms with Gasteiger partial charge in [0.25, 0.3) is 5.89 Å². The SMILES string of the molecule is CC/C(C)=C/C(=O)N1C[C@@H](C)O[C@@H](c2nc(C3CC3)no2)C1. The first kappa shape index (κ1) is 15.2. The van der Waals surface area contributed by atoms with Crippen LogP contribution in [0, 0.1) is 0 Å². The summed E-state index contributed by atoms with van der Waals surface area (Å²) in [7, 11) is 0.